The van der Waals surface area contributed by atoms with Gasteiger partial charge in [0.2, 0.25) is 0 Å². The van der Waals surface area contributed by atoms with E-state index < -0.39 is 0 Å². The van der Waals surface area contributed by atoms with Crippen LogP contribution in [-0.2, 0) is 0 Å². The fourth-order valence-corrected chi connectivity index (χ4v) is 3.35. The molecule has 0 saturated carbocycles. The number of carbonyl (C=O) groups excluding carboxylic acids is 1. The standard InChI is InChI=1S/C17H26N2OS/c1-4-15-12-18(2)10-5-11-19(15)13-17(20)14-6-8-16(21-3)9-7-14/h6-9,15H,4-5,10-13H2,1-3H3. The third kappa shape index (κ3) is 4.56. The molecule has 1 aromatic rings. The van der Waals surface area contributed by atoms with E-state index in [4.69, 9.17) is 0 Å². The molecule has 0 aliphatic carbocycles. The molecule has 1 saturated heterocycles. The monoisotopic (exact) mass is 306 g/mol. The van der Waals surface area contributed by atoms with Crippen LogP contribution in [0.15, 0.2) is 29.2 Å². The van der Waals surface area contributed by atoms with Gasteiger partial charge in [-0.05, 0) is 44.8 Å². The topological polar surface area (TPSA) is 23.6 Å². The highest BCUT2D eigenvalue weighted by Gasteiger charge is 2.24. The summed E-state index contributed by atoms with van der Waals surface area (Å²) in [5, 5.41) is 0. The average Bonchev–Trinajstić information content (AvgIpc) is 2.68. The van der Waals surface area contributed by atoms with E-state index in [2.05, 4.69) is 30.0 Å². The minimum atomic E-state index is 0.241. The Balaban J connectivity index is 2.02. The SMILES string of the molecule is CCC1CN(C)CCCN1CC(=O)c1ccc(SC)cc1. The minimum absolute atomic E-state index is 0.241. The highest BCUT2D eigenvalue weighted by Crippen LogP contribution is 2.17. The molecule has 1 heterocycles. The summed E-state index contributed by atoms with van der Waals surface area (Å²) in [7, 11) is 2.18. The summed E-state index contributed by atoms with van der Waals surface area (Å²) in [4.78, 5) is 18.5. The Morgan fingerprint density at radius 3 is 2.62 bits per heavy atom. The lowest BCUT2D eigenvalue weighted by Gasteiger charge is -2.29. The van der Waals surface area contributed by atoms with Crippen LogP contribution < -0.4 is 0 Å². The van der Waals surface area contributed by atoms with Gasteiger partial charge in [-0.15, -0.1) is 11.8 Å². The van der Waals surface area contributed by atoms with Crippen molar-refractivity contribution in [2.75, 3.05) is 39.5 Å². The van der Waals surface area contributed by atoms with E-state index >= 15 is 0 Å². The Hall–Kier alpha value is -0.840. The lowest BCUT2D eigenvalue weighted by atomic mass is 10.1. The Morgan fingerprint density at radius 2 is 2.00 bits per heavy atom. The van der Waals surface area contributed by atoms with Gasteiger partial charge in [-0.1, -0.05) is 19.1 Å². The number of thioether (sulfide) groups is 1. The Labute approximate surface area is 132 Å². The van der Waals surface area contributed by atoms with Crippen molar-refractivity contribution in [1.29, 1.82) is 0 Å². The van der Waals surface area contributed by atoms with Crippen molar-refractivity contribution >= 4 is 17.5 Å². The first-order valence-corrected chi connectivity index (χ1v) is 8.96. The molecule has 3 nitrogen and oxygen atoms in total. The molecule has 0 amide bonds. The minimum Gasteiger partial charge on any atom is -0.305 e. The van der Waals surface area contributed by atoms with Gasteiger partial charge in [0.05, 0.1) is 6.54 Å². The summed E-state index contributed by atoms with van der Waals surface area (Å²) in [6.07, 6.45) is 4.30. The molecule has 1 unspecified atom stereocenters. The first-order chi connectivity index (χ1) is 10.1. The summed E-state index contributed by atoms with van der Waals surface area (Å²) < 4.78 is 0. The molecule has 1 fully saturated rings. The van der Waals surface area contributed by atoms with Gasteiger partial charge in [0.1, 0.15) is 0 Å². The number of likely N-dealkylation sites (N-methyl/N-ethyl adjacent to an activating group) is 1. The molecule has 21 heavy (non-hydrogen) atoms. The maximum Gasteiger partial charge on any atom is 0.176 e. The maximum absolute atomic E-state index is 12.5. The third-order valence-electron chi connectivity index (χ3n) is 4.25. The predicted octanol–water partition coefficient (Wildman–Crippen LogP) is 3.01. The van der Waals surface area contributed by atoms with E-state index in [9.17, 15) is 4.79 Å². The summed E-state index contributed by atoms with van der Waals surface area (Å²) in [5.41, 5.74) is 0.834. The maximum atomic E-state index is 12.5. The quantitative estimate of drug-likeness (QED) is 0.616. The van der Waals surface area contributed by atoms with Crippen LogP contribution in [0.2, 0.25) is 0 Å². The molecule has 0 bridgehead atoms. The first-order valence-electron chi connectivity index (χ1n) is 7.74. The van der Waals surface area contributed by atoms with Crippen LogP contribution in [0.4, 0.5) is 0 Å². The molecule has 1 atom stereocenters. The van der Waals surface area contributed by atoms with Gasteiger partial charge in [-0.2, -0.15) is 0 Å². The molecule has 0 spiro atoms. The van der Waals surface area contributed by atoms with Crippen molar-refractivity contribution in [3.05, 3.63) is 29.8 Å². The van der Waals surface area contributed by atoms with Gasteiger partial charge in [0.25, 0.3) is 0 Å². The Morgan fingerprint density at radius 1 is 1.29 bits per heavy atom. The van der Waals surface area contributed by atoms with Crippen LogP contribution in [-0.4, -0.2) is 61.1 Å². The molecule has 0 radical (unpaired) electrons. The van der Waals surface area contributed by atoms with Crippen molar-refractivity contribution < 1.29 is 4.79 Å². The number of nitrogens with zero attached hydrogens (tertiary/aromatic N) is 2. The molecule has 1 aliphatic rings. The van der Waals surface area contributed by atoms with Crippen molar-refractivity contribution in [3.8, 4) is 0 Å². The van der Waals surface area contributed by atoms with Crippen molar-refractivity contribution in [1.82, 2.24) is 9.80 Å². The second kappa shape index (κ2) is 7.97. The number of ketones is 1. The number of rotatable bonds is 5. The Kier molecular flexibility index (Phi) is 6.27. The van der Waals surface area contributed by atoms with E-state index in [1.165, 1.54) is 4.90 Å². The van der Waals surface area contributed by atoms with Crippen LogP contribution in [0.5, 0.6) is 0 Å². The summed E-state index contributed by atoms with van der Waals surface area (Å²) >= 11 is 1.70. The highest BCUT2D eigenvalue weighted by molar-refractivity contribution is 7.98. The van der Waals surface area contributed by atoms with Crippen molar-refractivity contribution in [2.45, 2.75) is 30.7 Å². The van der Waals surface area contributed by atoms with Gasteiger partial charge >= 0.3 is 0 Å². The number of benzene rings is 1. The summed E-state index contributed by atoms with van der Waals surface area (Å²) in [5.74, 6) is 0.241. The van der Waals surface area contributed by atoms with Gasteiger partial charge < -0.3 is 4.90 Å². The zero-order valence-electron chi connectivity index (χ0n) is 13.3. The number of hydrogen-bond donors (Lipinski definition) is 0. The van der Waals surface area contributed by atoms with E-state index in [1.54, 1.807) is 11.8 Å². The average molecular weight is 306 g/mol. The predicted molar refractivity (Wildman–Crippen MR) is 90.3 cm³/mol. The fraction of sp³-hybridized carbons (Fsp3) is 0.588. The molecule has 1 aliphatic heterocycles. The zero-order chi connectivity index (χ0) is 15.2. The van der Waals surface area contributed by atoms with Crippen LogP contribution >= 0.6 is 11.8 Å². The fourth-order valence-electron chi connectivity index (χ4n) is 2.94. The largest absolute Gasteiger partial charge is 0.305 e. The molecular formula is C17H26N2OS. The highest BCUT2D eigenvalue weighted by atomic mass is 32.2. The lowest BCUT2D eigenvalue weighted by Crippen LogP contribution is -2.42. The molecule has 2 rings (SSSR count). The number of carbonyl (C=O) groups is 1. The Bertz CT molecular complexity index is 460. The van der Waals surface area contributed by atoms with Gasteiger partial charge in [0, 0.05) is 29.6 Å². The lowest BCUT2D eigenvalue weighted by molar-refractivity contribution is 0.0888. The van der Waals surface area contributed by atoms with E-state index in [1.807, 2.05) is 24.3 Å². The molecule has 116 valence electrons. The second-order valence-electron chi connectivity index (χ2n) is 5.80. The van der Waals surface area contributed by atoms with E-state index in [0.29, 0.717) is 12.6 Å². The molecule has 0 aromatic heterocycles. The van der Waals surface area contributed by atoms with Gasteiger partial charge in [0.15, 0.2) is 5.78 Å². The first kappa shape index (κ1) is 16.5. The van der Waals surface area contributed by atoms with Crippen LogP contribution in [0, 0.1) is 0 Å². The molecular weight excluding hydrogens is 280 g/mol. The molecule has 1 aromatic carbocycles. The van der Waals surface area contributed by atoms with Crippen LogP contribution in [0.25, 0.3) is 0 Å². The van der Waals surface area contributed by atoms with E-state index in [-0.39, 0.29) is 5.78 Å². The zero-order valence-corrected chi connectivity index (χ0v) is 14.2. The normalized spacial score (nSPS) is 21.2. The third-order valence-corrected chi connectivity index (χ3v) is 5.00. The summed E-state index contributed by atoms with van der Waals surface area (Å²) in [6.45, 7) is 5.98. The molecule has 0 N–H and O–H groups in total. The van der Waals surface area contributed by atoms with E-state index in [0.717, 1.165) is 38.0 Å². The second-order valence-corrected chi connectivity index (χ2v) is 6.68. The van der Waals surface area contributed by atoms with Crippen molar-refractivity contribution in [2.24, 2.45) is 0 Å². The number of Topliss-reactive ketones (excluding diaryl/α,β-unsaturated/α-hetero) is 1. The smallest absolute Gasteiger partial charge is 0.176 e. The van der Waals surface area contributed by atoms with Crippen molar-refractivity contribution in [3.63, 3.8) is 0 Å². The molecule has 4 heteroatoms. The van der Waals surface area contributed by atoms with Crippen LogP contribution in [0.1, 0.15) is 30.1 Å². The van der Waals surface area contributed by atoms with Gasteiger partial charge in [-0.25, -0.2) is 0 Å². The van der Waals surface area contributed by atoms with Gasteiger partial charge in [-0.3, -0.25) is 9.69 Å². The summed E-state index contributed by atoms with van der Waals surface area (Å²) in [6, 6.07) is 8.47. The number of hydrogen-bond acceptors (Lipinski definition) is 4. The van der Waals surface area contributed by atoms with Crippen LogP contribution in [0.3, 0.4) is 0 Å².